The number of para-hydroxylation sites is 1. The molecule has 0 bridgehead atoms. The Morgan fingerprint density at radius 3 is 2.54 bits per heavy atom. The van der Waals surface area contributed by atoms with Crippen molar-refractivity contribution in [2.45, 2.75) is 26.2 Å². The topological polar surface area (TPSA) is 40.6 Å². The molecular weight excluding hydrogens is 324 g/mol. The van der Waals surface area contributed by atoms with Crippen molar-refractivity contribution in [3.63, 3.8) is 0 Å². The molecule has 2 aliphatic heterocycles. The van der Waals surface area contributed by atoms with E-state index in [0.717, 1.165) is 29.8 Å². The maximum Gasteiger partial charge on any atom is 0.227 e. The van der Waals surface area contributed by atoms with Crippen LogP contribution in [0.3, 0.4) is 0 Å². The van der Waals surface area contributed by atoms with Crippen molar-refractivity contribution in [1.82, 2.24) is 4.90 Å². The molecule has 1 atom stereocenters. The van der Waals surface area contributed by atoms with Crippen molar-refractivity contribution in [3.05, 3.63) is 65.7 Å². The van der Waals surface area contributed by atoms with E-state index in [0.29, 0.717) is 25.9 Å². The van der Waals surface area contributed by atoms with Crippen molar-refractivity contribution < 1.29 is 9.59 Å². The van der Waals surface area contributed by atoms with Crippen LogP contribution in [0.4, 0.5) is 5.69 Å². The van der Waals surface area contributed by atoms with Gasteiger partial charge in [-0.05, 0) is 30.5 Å². The summed E-state index contributed by atoms with van der Waals surface area (Å²) in [6.07, 6.45) is 1.88. The molecule has 4 heteroatoms. The molecule has 4 rings (SSSR count). The molecule has 0 radical (unpaired) electrons. The maximum absolute atomic E-state index is 12.7. The van der Waals surface area contributed by atoms with Gasteiger partial charge in [0, 0.05) is 37.2 Å². The van der Waals surface area contributed by atoms with E-state index in [2.05, 4.69) is 0 Å². The van der Waals surface area contributed by atoms with E-state index in [1.807, 2.05) is 71.3 Å². The largest absolute Gasteiger partial charge is 0.342 e. The predicted molar refractivity (Wildman–Crippen MR) is 102 cm³/mol. The molecule has 2 amide bonds. The van der Waals surface area contributed by atoms with Crippen molar-refractivity contribution in [3.8, 4) is 0 Å². The summed E-state index contributed by atoms with van der Waals surface area (Å²) in [5.41, 5.74) is 3.07. The smallest absolute Gasteiger partial charge is 0.227 e. The second-order valence-electron chi connectivity index (χ2n) is 7.67. The molecule has 2 saturated heterocycles. The molecule has 4 nitrogen and oxygen atoms in total. The zero-order valence-corrected chi connectivity index (χ0v) is 15.1. The summed E-state index contributed by atoms with van der Waals surface area (Å²) in [7, 11) is 0. The summed E-state index contributed by atoms with van der Waals surface area (Å²) in [5.74, 6) is 0.339. The molecule has 0 N–H and O–H groups in total. The zero-order chi connectivity index (χ0) is 18.1. The fraction of sp³-hybridized carbons (Fsp3) is 0.364. The van der Waals surface area contributed by atoms with Gasteiger partial charge in [0.25, 0.3) is 0 Å². The number of aryl methyl sites for hydroxylation is 1. The van der Waals surface area contributed by atoms with Crippen LogP contribution in [0.5, 0.6) is 0 Å². The van der Waals surface area contributed by atoms with Crippen LogP contribution in [0.1, 0.15) is 24.0 Å². The number of amides is 2. The Kier molecular flexibility index (Phi) is 4.27. The van der Waals surface area contributed by atoms with Gasteiger partial charge in [-0.25, -0.2) is 0 Å². The molecule has 134 valence electrons. The highest BCUT2D eigenvalue weighted by Gasteiger charge is 2.48. The first kappa shape index (κ1) is 16.8. The van der Waals surface area contributed by atoms with Crippen LogP contribution >= 0.6 is 0 Å². The van der Waals surface area contributed by atoms with E-state index < -0.39 is 0 Å². The number of rotatable bonds is 3. The number of carbonyl (C=O) groups is 2. The van der Waals surface area contributed by atoms with Crippen LogP contribution in [0.2, 0.25) is 0 Å². The molecule has 1 unspecified atom stereocenters. The molecule has 2 aromatic carbocycles. The highest BCUT2D eigenvalue weighted by Crippen LogP contribution is 2.42. The van der Waals surface area contributed by atoms with Gasteiger partial charge in [0.15, 0.2) is 0 Å². The highest BCUT2D eigenvalue weighted by atomic mass is 16.2. The van der Waals surface area contributed by atoms with E-state index in [1.54, 1.807) is 0 Å². The van der Waals surface area contributed by atoms with Crippen LogP contribution < -0.4 is 4.90 Å². The summed E-state index contributed by atoms with van der Waals surface area (Å²) >= 11 is 0. The van der Waals surface area contributed by atoms with E-state index in [4.69, 9.17) is 0 Å². The summed E-state index contributed by atoms with van der Waals surface area (Å²) < 4.78 is 0. The first-order chi connectivity index (χ1) is 12.6. The second-order valence-corrected chi connectivity index (χ2v) is 7.67. The van der Waals surface area contributed by atoms with E-state index in [-0.39, 0.29) is 17.2 Å². The van der Waals surface area contributed by atoms with Gasteiger partial charge in [-0.1, -0.05) is 48.5 Å². The van der Waals surface area contributed by atoms with Crippen LogP contribution in [-0.4, -0.2) is 36.3 Å². The Morgan fingerprint density at radius 1 is 1.04 bits per heavy atom. The van der Waals surface area contributed by atoms with E-state index in [9.17, 15) is 9.59 Å². The predicted octanol–water partition coefficient (Wildman–Crippen LogP) is 3.19. The third-order valence-electron chi connectivity index (χ3n) is 5.72. The fourth-order valence-electron chi connectivity index (χ4n) is 4.29. The van der Waals surface area contributed by atoms with E-state index >= 15 is 0 Å². The lowest BCUT2D eigenvalue weighted by molar-refractivity contribution is -0.130. The third-order valence-corrected chi connectivity index (χ3v) is 5.72. The molecule has 0 aromatic heterocycles. The normalized spacial score (nSPS) is 22.4. The second kappa shape index (κ2) is 6.60. The maximum atomic E-state index is 12.7. The molecule has 1 spiro atoms. The number of anilines is 1. The van der Waals surface area contributed by atoms with Crippen molar-refractivity contribution in [1.29, 1.82) is 0 Å². The third kappa shape index (κ3) is 3.12. The molecule has 2 aromatic rings. The minimum Gasteiger partial charge on any atom is -0.342 e. The number of nitrogens with zero attached hydrogens (tertiary/aromatic N) is 2. The lowest BCUT2D eigenvalue weighted by Crippen LogP contribution is -2.35. The van der Waals surface area contributed by atoms with Gasteiger partial charge in [0.05, 0.1) is 6.42 Å². The molecule has 0 aliphatic carbocycles. The highest BCUT2D eigenvalue weighted by molar-refractivity contribution is 5.97. The Hall–Kier alpha value is -2.62. The number of carbonyl (C=O) groups excluding carboxylic acids is 2. The molecule has 2 fully saturated rings. The fourth-order valence-corrected chi connectivity index (χ4v) is 4.29. The summed E-state index contributed by atoms with van der Waals surface area (Å²) in [4.78, 5) is 29.2. The van der Waals surface area contributed by atoms with Crippen molar-refractivity contribution in [2.75, 3.05) is 24.5 Å². The van der Waals surface area contributed by atoms with Crippen LogP contribution in [0.25, 0.3) is 0 Å². The number of hydrogen-bond donors (Lipinski definition) is 0. The first-order valence-corrected chi connectivity index (χ1v) is 9.24. The molecular formula is C22H24N2O2. The van der Waals surface area contributed by atoms with Crippen molar-refractivity contribution >= 4 is 17.5 Å². The summed E-state index contributed by atoms with van der Waals surface area (Å²) in [6.45, 7) is 4.19. The Morgan fingerprint density at radius 2 is 1.77 bits per heavy atom. The van der Waals surface area contributed by atoms with Crippen LogP contribution in [-0.2, 0) is 16.0 Å². The van der Waals surface area contributed by atoms with Gasteiger partial charge in [0.2, 0.25) is 11.8 Å². The van der Waals surface area contributed by atoms with E-state index in [1.165, 1.54) is 0 Å². The number of benzene rings is 2. The average molecular weight is 348 g/mol. The van der Waals surface area contributed by atoms with Gasteiger partial charge in [-0.2, -0.15) is 0 Å². The minimum atomic E-state index is -0.0916. The van der Waals surface area contributed by atoms with Crippen LogP contribution in [0, 0.1) is 12.3 Å². The standard InChI is InChI=1S/C22H24N2O2/c1-17-7-5-6-10-19(17)24-16-22(14-21(24)26)11-12-23(15-22)20(25)13-18-8-3-2-4-9-18/h2-10H,11-16H2,1H3. The SMILES string of the molecule is Cc1ccccc1N1CC2(CCN(C(=O)Cc3ccccc3)C2)CC1=O. The molecule has 0 saturated carbocycles. The monoisotopic (exact) mass is 348 g/mol. The Balaban J connectivity index is 1.45. The van der Waals surface area contributed by atoms with Gasteiger partial charge >= 0.3 is 0 Å². The van der Waals surface area contributed by atoms with Crippen molar-refractivity contribution in [2.24, 2.45) is 5.41 Å². The Bertz CT molecular complexity index is 833. The van der Waals surface area contributed by atoms with Crippen LogP contribution in [0.15, 0.2) is 54.6 Å². The zero-order valence-electron chi connectivity index (χ0n) is 15.1. The minimum absolute atomic E-state index is 0.0916. The lowest BCUT2D eigenvalue weighted by atomic mass is 9.86. The quantitative estimate of drug-likeness (QED) is 0.855. The average Bonchev–Trinajstić information content (AvgIpc) is 3.19. The number of likely N-dealkylation sites (tertiary alicyclic amines) is 1. The van der Waals surface area contributed by atoms with Gasteiger partial charge in [0.1, 0.15) is 0 Å². The molecule has 2 heterocycles. The Labute approximate surface area is 154 Å². The molecule has 26 heavy (non-hydrogen) atoms. The molecule has 2 aliphatic rings. The summed E-state index contributed by atoms with van der Waals surface area (Å²) in [5, 5.41) is 0. The van der Waals surface area contributed by atoms with Gasteiger partial charge in [-0.3, -0.25) is 9.59 Å². The lowest BCUT2D eigenvalue weighted by Gasteiger charge is -2.25. The summed E-state index contributed by atoms with van der Waals surface area (Å²) in [6, 6.07) is 17.9. The van der Waals surface area contributed by atoms with Gasteiger partial charge in [-0.15, -0.1) is 0 Å². The first-order valence-electron chi connectivity index (χ1n) is 9.24. The van der Waals surface area contributed by atoms with Gasteiger partial charge < -0.3 is 9.80 Å². The number of hydrogen-bond acceptors (Lipinski definition) is 2.